The van der Waals surface area contributed by atoms with Crippen molar-refractivity contribution in [3.05, 3.63) is 0 Å². The summed E-state index contributed by atoms with van der Waals surface area (Å²) in [5, 5.41) is 3.23. The third-order valence-corrected chi connectivity index (χ3v) is 9.64. The second-order valence-corrected chi connectivity index (χ2v) is 13.0. The number of nitrogens with one attached hydrogen (secondary N) is 1. The van der Waals surface area contributed by atoms with Crippen LogP contribution in [-0.4, -0.2) is 38.0 Å². The molecule has 0 aromatic rings. The number of thiocarbonyl (C=S) groups is 1. The van der Waals surface area contributed by atoms with Gasteiger partial charge in [-0.3, -0.25) is 0 Å². The maximum Gasteiger partial charge on any atom is 0.331 e. The highest BCUT2D eigenvalue weighted by atomic mass is 32.1. The highest BCUT2D eigenvalue weighted by Gasteiger charge is 2.50. The molecule has 1 aliphatic heterocycles. The van der Waals surface area contributed by atoms with Crippen LogP contribution in [0.4, 0.5) is 0 Å². The molecule has 6 heteroatoms. The van der Waals surface area contributed by atoms with E-state index in [1.807, 2.05) is 6.92 Å². The maximum atomic E-state index is 12.3. The number of rotatable bonds is 5. The quantitative estimate of drug-likeness (QED) is 0.469. The zero-order valence-electron chi connectivity index (χ0n) is 15.1. The Morgan fingerprint density at radius 1 is 1.36 bits per heavy atom. The standard InChI is InChI=1S/C16H31NO3SSi/c1-9-19-15(18)12-13(11(10(2)3)14(21)17-12)20-22(7,8)16(4,5)6/h10-13H,9H2,1-8H3,(H,17,21)/t11-,12+,13-/m1/s1. The number of esters is 1. The van der Waals surface area contributed by atoms with E-state index in [0.717, 1.165) is 4.99 Å². The summed E-state index contributed by atoms with van der Waals surface area (Å²) in [4.78, 5) is 13.0. The lowest BCUT2D eigenvalue weighted by Gasteiger charge is -2.41. The summed E-state index contributed by atoms with van der Waals surface area (Å²) in [5.41, 5.74) is 0. The minimum atomic E-state index is -2.01. The zero-order chi connectivity index (χ0) is 17.3. The van der Waals surface area contributed by atoms with Crippen LogP contribution in [0.25, 0.3) is 0 Å². The Kier molecular flexibility index (Phi) is 6.20. The Labute approximate surface area is 141 Å². The maximum absolute atomic E-state index is 12.3. The summed E-state index contributed by atoms with van der Waals surface area (Å²) in [6.45, 7) is 17.4. The van der Waals surface area contributed by atoms with Crippen molar-refractivity contribution in [3.63, 3.8) is 0 Å². The van der Waals surface area contributed by atoms with Crippen molar-refractivity contribution in [2.24, 2.45) is 11.8 Å². The third kappa shape index (κ3) is 4.09. The van der Waals surface area contributed by atoms with E-state index in [2.05, 4.69) is 53.0 Å². The topological polar surface area (TPSA) is 47.6 Å². The first-order valence-corrected chi connectivity index (χ1v) is 11.4. The predicted octanol–water partition coefficient (Wildman–Crippen LogP) is 3.51. The summed E-state index contributed by atoms with van der Waals surface area (Å²) in [6, 6.07) is -0.492. The molecule has 1 N–H and O–H groups in total. The Hall–Kier alpha value is -0.463. The lowest BCUT2D eigenvalue weighted by molar-refractivity contribution is -0.147. The first-order chi connectivity index (χ1) is 9.92. The molecule has 1 saturated heterocycles. The van der Waals surface area contributed by atoms with E-state index < -0.39 is 14.4 Å². The number of ether oxygens (including phenoxy) is 1. The largest absolute Gasteiger partial charge is 0.464 e. The molecule has 0 amide bonds. The van der Waals surface area contributed by atoms with Gasteiger partial charge in [0.15, 0.2) is 14.4 Å². The number of carbonyl (C=O) groups excluding carboxylic acids is 1. The second kappa shape index (κ2) is 6.97. The van der Waals surface area contributed by atoms with Crippen LogP contribution in [0.15, 0.2) is 0 Å². The van der Waals surface area contributed by atoms with Gasteiger partial charge in [0.2, 0.25) is 0 Å². The number of hydrogen-bond donors (Lipinski definition) is 1. The molecular weight excluding hydrogens is 314 g/mol. The van der Waals surface area contributed by atoms with Crippen LogP contribution in [0, 0.1) is 11.8 Å². The van der Waals surface area contributed by atoms with Crippen molar-refractivity contribution in [3.8, 4) is 0 Å². The second-order valence-electron chi connectivity index (χ2n) is 7.85. The number of hydrogen-bond acceptors (Lipinski definition) is 4. The van der Waals surface area contributed by atoms with E-state index in [-0.39, 0.29) is 23.0 Å². The van der Waals surface area contributed by atoms with Crippen LogP contribution >= 0.6 is 12.2 Å². The van der Waals surface area contributed by atoms with Crippen LogP contribution < -0.4 is 5.32 Å². The predicted molar refractivity (Wildman–Crippen MR) is 96.6 cm³/mol. The van der Waals surface area contributed by atoms with Gasteiger partial charge in [0.1, 0.15) is 0 Å². The molecule has 0 unspecified atom stereocenters. The van der Waals surface area contributed by atoms with Gasteiger partial charge in [-0.1, -0.05) is 46.8 Å². The fourth-order valence-corrected chi connectivity index (χ4v) is 4.30. The molecular formula is C16H31NO3SSi. The summed E-state index contributed by atoms with van der Waals surface area (Å²) in [7, 11) is -2.01. The molecule has 1 fully saturated rings. The lowest BCUT2D eigenvalue weighted by atomic mass is 9.90. The van der Waals surface area contributed by atoms with Crippen LogP contribution in [0.1, 0.15) is 41.5 Å². The van der Waals surface area contributed by atoms with Gasteiger partial charge in [-0.25, -0.2) is 4.79 Å². The first-order valence-electron chi connectivity index (χ1n) is 8.07. The minimum Gasteiger partial charge on any atom is -0.464 e. The molecule has 1 rings (SSSR count). The summed E-state index contributed by atoms with van der Waals surface area (Å²) < 4.78 is 11.8. The Morgan fingerprint density at radius 3 is 2.32 bits per heavy atom. The molecule has 0 aromatic carbocycles. The van der Waals surface area contributed by atoms with E-state index in [4.69, 9.17) is 21.4 Å². The Morgan fingerprint density at radius 2 is 1.91 bits per heavy atom. The van der Waals surface area contributed by atoms with Crippen molar-refractivity contribution in [1.82, 2.24) is 5.32 Å². The van der Waals surface area contributed by atoms with E-state index >= 15 is 0 Å². The van der Waals surface area contributed by atoms with E-state index in [1.54, 1.807) is 0 Å². The third-order valence-electron chi connectivity index (χ3n) is 4.78. The molecule has 0 saturated carbocycles. The number of carbonyl (C=O) groups is 1. The average Bonchev–Trinajstić information content (AvgIpc) is 2.64. The fourth-order valence-electron chi connectivity index (χ4n) is 2.45. The van der Waals surface area contributed by atoms with Crippen molar-refractivity contribution in [1.29, 1.82) is 0 Å². The molecule has 0 aromatic heterocycles. The smallest absolute Gasteiger partial charge is 0.331 e. The van der Waals surface area contributed by atoms with E-state index in [0.29, 0.717) is 12.5 Å². The molecule has 4 nitrogen and oxygen atoms in total. The van der Waals surface area contributed by atoms with Gasteiger partial charge in [-0.15, -0.1) is 0 Å². The van der Waals surface area contributed by atoms with Gasteiger partial charge in [-0.05, 0) is 31.0 Å². The molecule has 3 atom stereocenters. The normalized spacial score (nSPS) is 26.2. The van der Waals surface area contributed by atoms with Gasteiger partial charge >= 0.3 is 5.97 Å². The van der Waals surface area contributed by atoms with Gasteiger partial charge < -0.3 is 14.5 Å². The van der Waals surface area contributed by atoms with Crippen molar-refractivity contribution >= 4 is 31.5 Å². The highest BCUT2D eigenvalue weighted by molar-refractivity contribution is 7.80. The molecule has 0 bridgehead atoms. The van der Waals surface area contributed by atoms with Gasteiger partial charge in [-0.2, -0.15) is 0 Å². The molecule has 1 aliphatic rings. The SMILES string of the molecule is CCOC(=O)[C@H]1NC(=S)[C@H](C(C)C)[C@H]1O[Si](C)(C)C(C)(C)C. The average molecular weight is 346 g/mol. The van der Waals surface area contributed by atoms with Crippen molar-refractivity contribution in [2.75, 3.05) is 6.61 Å². The molecule has 22 heavy (non-hydrogen) atoms. The first kappa shape index (κ1) is 19.6. The highest BCUT2D eigenvalue weighted by Crippen LogP contribution is 2.40. The van der Waals surface area contributed by atoms with Gasteiger partial charge in [0.05, 0.1) is 17.7 Å². The van der Waals surface area contributed by atoms with Crippen molar-refractivity contribution < 1.29 is 14.0 Å². The van der Waals surface area contributed by atoms with Crippen LogP contribution in [0.3, 0.4) is 0 Å². The Bertz CT molecular complexity index is 432. The van der Waals surface area contributed by atoms with Crippen molar-refractivity contribution in [2.45, 2.75) is 71.8 Å². The van der Waals surface area contributed by atoms with E-state index in [9.17, 15) is 4.79 Å². The van der Waals surface area contributed by atoms with Crippen LogP contribution in [-0.2, 0) is 14.0 Å². The summed E-state index contributed by atoms with van der Waals surface area (Å²) in [5.74, 6) is 0.101. The monoisotopic (exact) mass is 345 g/mol. The van der Waals surface area contributed by atoms with E-state index in [1.165, 1.54) is 0 Å². The zero-order valence-corrected chi connectivity index (χ0v) is 17.0. The van der Waals surface area contributed by atoms with Crippen LogP contribution in [0.5, 0.6) is 0 Å². The molecule has 1 heterocycles. The Balaban J connectivity index is 3.10. The fraction of sp³-hybridized carbons (Fsp3) is 0.875. The summed E-state index contributed by atoms with van der Waals surface area (Å²) in [6.07, 6.45) is -0.243. The van der Waals surface area contributed by atoms with Gasteiger partial charge in [0, 0.05) is 5.92 Å². The minimum absolute atomic E-state index is 0.0542. The lowest BCUT2D eigenvalue weighted by Crippen LogP contribution is -2.51. The molecule has 0 aliphatic carbocycles. The molecule has 0 spiro atoms. The summed E-state index contributed by atoms with van der Waals surface area (Å²) >= 11 is 5.47. The molecule has 0 radical (unpaired) electrons. The van der Waals surface area contributed by atoms with Gasteiger partial charge in [0.25, 0.3) is 0 Å². The van der Waals surface area contributed by atoms with Crippen LogP contribution in [0.2, 0.25) is 18.1 Å². The molecule has 128 valence electrons.